The summed E-state index contributed by atoms with van der Waals surface area (Å²) in [5.41, 5.74) is 0.941. The van der Waals surface area contributed by atoms with Crippen molar-refractivity contribution in [3.63, 3.8) is 0 Å². The molecule has 1 saturated heterocycles. The minimum atomic E-state index is 0.521. The van der Waals surface area contributed by atoms with Crippen molar-refractivity contribution in [2.45, 2.75) is 39.3 Å². The van der Waals surface area contributed by atoms with Crippen LogP contribution < -0.4 is 5.32 Å². The Kier molecular flexibility index (Phi) is 6.33. The number of piperidine rings is 1. The highest BCUT2D eigenvalue weighted by atomic mass is 16.5. The maximum atomic E-state index is 5.64. The molecule has 0 aliphatic carbocycles. The number of hydrogen-bond donors (Lipinski definition) is 1. The summed E-state index contributed by atoms with van der Waals surface area (Å²) in [5, 5.41) is 7.21. The van der Waals surface area contributed by atoms with Crippen LogP contribution in [-0.4, -0.2) is 42.8 Å². The van der Waals surface area contributed by atoms with Crippen LogP contribution in [0.1, 0.15) is 37.6 Å². The SMILES string of the molecule is CCNCc1cc(COCCN2CCCCC2)on1. The molecule has 0 atom stereocenters. The Hall–Kier alpha value is -0.910. The molecule has 0 amide bonds. The van der Waals surface area contributed by atoms with Crippen LogP contribution in [0.2, 0.25) is 0 Å². The zero-order valence-electron chi connectivity index (χ0n) is 11.9. The van der Waals surface area contributed by atoms with Crippen LogP contribution in [0.4, 0.5) is 0 Å². The number of nitrogens with zero attached hydrogens (tertiary/aromatic N) is 2. The van der Waals surface area contributed by atoms with Gasteiger partial charge < -0.3 is 19.5 Å². The molecular weight excluding hydrogens is 242 g/mol. The largest absolute Gasteiger partial charge is 0.372 e. The maximum Gasteiger partial charge on any atom is 0.162 e. The van der Waals surface area contributed by atoms with E-state index in [4.69, 9.17) is 9.26 Å². The third kappa shape index (κ3) is 5.30. The van der Waals surface area contributed by atoms with E-state index in [9.17, 15) is 0 Å². The molecule has 19 heavy (non-hydrogen) atoms. The molecule has 0 unspecified atom stereocenters. The normalized spacial score (nSPS) is 16.9. The monoisotopic (exact) mass is 267 g/mol. The van der Waals surface area contributed by atoms with Crippen LogP contribution in [0.3, 0.4) is 0 Å². The molecule has 5 heteroatoms. The minimum Gasteiger partial charge on any atom is -0.372 e. The lowest BCUT2D eigenvalue weighted by molar-refractivity contribution is 0.0733. The molecule has 1 aromatic rings. The van der Waals surface area contributed by atoms with E-state index in [-0.39, 0.29) is 0 Å². The van der Waals surface area contributed by atoms with Crippen molar-refractivity contribution in [1.29, 1.82) is 0 Å². The fourth-order valence-electron chi connectivity index (χ4n) is 2.31. The molecule has 5 nitrogen and oxygen atoms in total. The molecule has 1 aliphatic heterocycles. The summed E-state index contributed by atoms with van der Waals surface area (Å²) in [6.45, 7) is 8.53. The average molecular weight is 267 g/mol. The van der Waals surface area contributed by atoms with Crippen molar-refractivity contribution in [2.75, 3.05) is 32.8 Å². The van der Waals surface area contributed by atoms with Gasteiger partial charge in [0.2, 0.25) is 0 Å². The number of ether oxygens (including phenoxy) is 1. The van der Waals surface area contributed by atoms with Crippen molar-refractivity contribution in [2.24, 2.45) is 0 Å². The number of hydrogen-bond acceptors (Lipinski definition) is 5. The quantitative estimate of drug-likeness (QED) is 0.728. The summed E-state index contributed by atoms with van der Waals surface area (Å²) in [4.78, 5) is 2.47. The molecule has 1 aromatic heterocycles. The molecule has 1 fully saturated rings. The number of rotatable bonds is 8. The topological polar surface area (TPSA) is 50.5 Å². The highest BCUT2D eigenvalue weighted by molar-refractivity contribution is 5.04. The predicted molar refractivity (Wildman–Crippen MR) is 73.8 cm³/mol. The molecule has 0 bridgehead atoms. The zero-order chi connectivity index (χ0) is 13.3. The lowest BCUT2D eigenvalue weighted by Gasteiger charge is -2.25. The molecule has 2 rings (SSSR count). The first-order valence-corrected chi connectivity index (χ1v) is 7.34. The molecule has 1 aliphatic rings. The van der Waals surface area contributed by atoms with Gasteiger partial charge in [-0.25, -0.2) is 0 Å². The molecule has 0 spiro atoms. The van der Waals surface area contributed by atoms with Crippen LogP contribution >= 0.6 is 0 Å². The second-order valence-corrected chi connectivity index (χ2v) is 5.02. The van der Waals surface area contributed by atoms with Gasteiger partial charge in [-0.3, -0.25) is 0 Å². The van der Waals surface area contributed by atoms with Crippen LogP contribution in [0, 0.1) is 0 Å². The van der Waals surface area contributed by atoms with Crippen molar-refractivity contribution in [1.82, 2.24) is 15.4 Å². The van der Waals surface area contributed by atoms with E-state index in [1.165, 1.54) is 32.4 Å². The van der Waals surface area contributed by atoms with Gasteiger partial charge in [0.1, 0.15) is 6.61 Å². The van der Waals surface area contributed by atoms with E-state index in [1.54, 1.807) is 0 Å². The van der Waals surface area contributed by atoms with Gasteiger partial charge in [-0.2, -0.15) is 0 Å². The Balaban J connectivity index is 1.58. The summed E-state index contributed by atoms with van der Waals surface area (Å²) >= 11 is 0. The first-order valence-electron chi connectivity index (χ1n) is 7.34. The lowest BCUT2D eigenvalue weighted by atomic mass is 10.1. The lowest BCUT2D eigenvalue weighted by Crippen LogP contribution is -2.32. The van der Waals surface area contributed by atoms with E-state index in [1.807, 2.05) is 6.07 Å². The first kappa shape index (κ1) is 14.5. The summed E-state index contributed by atoms with van der Waals surface area (Å²) < 4.78 is 10.9. The summed E-state index contributed by atoms with van der Waals surface area (Å²) in [6.07, 6.45) is 4.04. The standard InChI is InChI=1S/C14H25N3O2/c1-2-15-11-13-10-14(19-16-13)12-18-9-8-17-6-4-3-5-7-17/h10,15H,2-9,11-12H2,1H3. The summed E-state index contributed by atoms with van der Waals surface area (Å²) in [7, 11) is 0. The molecule has 0 aromatic carbocycles. The fourth-order valence-corrected chi connectivity index (χ4v) is 2.31. The first-order chi connectivity index (χ1) is 9.38. The second kappa shape index (κ2) is 8.30. The van der Waals surface area contributed by atoms with Gasteiger partial charge in [0.25, 0.3) is 0 Å². The highest BCUT2D eigenvalue weighted by Crippen LogP contribution is 2.08. The Morgan fingerprint density at radius 3 is 3.00 bits per heavy atom. The Morgan fingerprint density at radius 1 is 1.37 bits per heavy atom. The predicted octanol–water partition coefficient (Wildman–Crippen LogP) is 1.79. The van der Waals surface area contributed by atoms with Crippen LogP contribution in [-0.2, 0) is 17.9 Å². The van der Waals surface area contributed by atoms with Crippen molar-refractivity contribution >= 4 is 0 Å². The fraction of sp³-hybridized carbons (Fsp3) is 0.786. The smallest absolute Gasteiger partial charge is 0.162 e. The van der Waals surface area contributed by atoms with Crippen molar-refractivity contribution in [3.05, 3.63) is 17.5 Å². The van der Waals surface area contributed by atoms with Gasteiger partial charge in [-0.05, 0) is 32.5 Å². The molecule has 2 heterocycles. The zero-order valence-corrected chi connectivity index (χ0v) is 11.9. The van der Waals surface area contributed by atoms with E-state index in [2.05, 4.69) is 22.3 Å². The van der Waals surface area contributed by atoms with E-state index < -0.39 is 0 Å². The van der Waals surface area contributed by atoms with E-state index >= 15 is 0 Å². The Labute approximate surface area is 115 Å². The van der Waals surface area contributed by atoms with Gasteiger partial charge in [-0.1, -0.05) is 18.5 Å². The molecule has 0 saturated carbocycles. The minimum absolute atomic E-state index is 0.521. The summed E-state index contributed by atoms with van der Waals surface area (Å²) in [5.74, 6) is 0.812. The van der Waals surface area contributed by atoms with Gasteiger partial charge >= 0.3 is 0 Å². The molecule has 0 radical (unpaired) electrons. The van der Waals surface area contributed by atoms with Crippen molar-refractivity contribution < 1.29 is 9.26 Å². The third-order valence-corrected chi connectivity index (χ3v) is 3.41. The number of likely N-dealkylation sites (tertiary alicyclic amines) is 1. The highest BCUT2D eigenvalue weighted by Gasteiger charge is 2.09. The van der Waals surface area contributed by atoms with Crippen molar-refractivity contribution in [3.8, 4) is 0 Å². The number of nitrogens with one attached hydrogen (secondary N) is 1. The summed E-state index contributed by atoms with van der Waals surface area (Å²) in [6, 6.07) is 1.96. The third-order valence-electron chi connectivity index (χ3n) is 3.41. The second-order valence-electron chi connectivity index (χ2n) is 5.02. The Bertz CT molecular complexity index is 348. The average Bonchev–Trinajstić information content (AvgIpc) is 2.90. The van der Waals surface area contributed by atoms with Gasteiger partial charge in [0.05, 0.1) is 12.3 Å². The molecule has 1 N–H and O–H groups in total. The van der Waals surface area contributed by atoms with E-state index in [0.29, 0.717) is 6.61 Å². The van der Waals surface area contributed by atoms with Crippen LogP contribution in [0.15, 0.2) is 10.6 Å². The van der Waals surface area contributed by atoms with Gasteiger partial charge in [0, 0.05) is 19.2 Å². The maximum absolute atomic E-state index is 5.64. The number of aromatic nitrogens is 1. The van der Waals surface area contributed by atoms with Crippen LogP contribution in [0.25, 0.3) is 0 Å². The Morgan fingerprint density at radius 2 is 2.21 bits per heavy atom. The molecular formula is C14H25N3O2. The van der Waals surface area contributed by atoms with E-state index in [0.717, 1.165) is 37.7 Å². The van der Waals surface area contributed by atoms with Crippen LogP contribution in [0.5, 0.6) is 0 Å². The van der Waals surface area contributed by atoms with Gasteiger partial charge in [-0.15, -0.1) is 0 Å². The molecule has 108 valence electrons. The van der Waals surface area contributed by atoms with Gasteiger partial charge in [0.15, 0.2) is 5.76 Å².